The summed E-state index contributed by atoms with van der Waals surface area (Å²) < 4.78 is 5.29. The minimum absolute atomic E-state index is 0.157. The van der Waals surface area contributed by atoms with Crippen molar-refractivity contribution in [1.29, 1.82) is 0 Å². The number of hydrogen-bond donors (Lipinski definition) is 0. The molecule has 0 aromatic rings. The van der Waals surface area contributed by atoms with Gasteiger partial charge in [-0.2, -0.15) is 0 Å². The highest BCUT2D eigenvalue weighted by Crippen LogP contribution is 2.13. The zero-order valence-electron chi connectivity index (χ0n) is 17.4. The van der Waals surface area contributed by atoms with E-state index in [4.69, 9.17) is 4.74 Å². The summed E-state index contributed by atoms with van der Waals surface area (Å²) in [6.45, 7) is 4.27. The van der Waals surface area contributed by atoms with Gasteiger partial charge in [-0.1, -0.05) is 115 Å². The molecular weight excluding hydrogens is 322 g/mol. The van der Waals surface area contributed by atoms with E-state index in [2.05, 4.69) is 6.92 Å². The smallest absolute Gasteiger partial charge is 0.410 e. The van der Waals surface area contributed by atoms with Crippen LogP contribution in [0.4, 0.5) is 4.79 Å². The minimum atomic E-state index is -0.157. The molecule has 0 radical (unpaired) electrons. The van der Waals surface area contributed by atoms with Gasteiger partial charge in [-0.15, -0.1) is 0 Å². The summed E-state index contributed by atoms with van der Waals surface area (Å²) >= 11 is 0. The molecule has 0 aliphatic carbocycles. The average molecular weight is 366 g/mol. The van der Waals surface area contributed by atoms with Crippen LogP contribution in [0.2, 0.25) is 0 Å². The van der Waals surface area contributed by atoms with Gasteiger partial charge in [-0.05, 0) is 6.42 Å². The zero-order chi connectivity index (χ0) is 18.7. The summed E-state index contributed by atoms with van der Waals surface area (Å²) in [6, 6.07) is 0. The molecule has 1 aliphatic heterocycles. The molecule has 1 heterocycles. The maximum absolute atomic E-state index is 11.7. The van der Waals surface area contributed by atoms with Crippen LogP contribution < -0.4 is 0 Å². The van der Waals surface area contributed by atoms with Gasteiger partial charge >= 0.3 is 6.09 Å². The summed E-state index contributed by atoms with van der Waals surface area (Å²) in [5, 5.41) is 0. The predicted octanol–water partition coefficient (Wildman–Crippen LogP) is 7.26. The van der Waals surface area contributed by atoms with Crippen molar-refractivity contribution in [3.05, 3.63) is 12.2 Å². The molecule has 0 unspecified atom stereocenters. The van der Waals surface area contributed by atoms with E-state index in [1.54, 1.807) is 4.90 Å². The second kappa shape index (κ2) is 17.4. The molecule has 0 spiro atoms. The third-order valence-electron chi connectivity index (χ3n) is 5.30. The van der Waals surface area contributed by atoms with Crippen LogP contribution in [0.15, 0.2) is 12.2 Å². The number of carbonyl (C=O) groups excluding carboxylic acids is 1. The SMILES string of the molecule is CCCCCCCCCCCCCCCCCCOC(=O)N1CC=CC1. The van der Waals surface area contributed by atoms with Gasteiger partial charge in [0.05, 0.1) is 6.61 Å². The molecule has 3 heteroatoms. The van der Waals surface area contributed by atoms with Crippen LogP contribution in [0.3, 0.4) is 0 Å². The zero-order valence-corrected chi connectivity index (χ0v) is 17.4. The first-order valence-electron chi connectivity index (χ1n) is 11.4. The first kappa shape index (κ1) is 23.0. The van der Waals surface area contributed by atoms with E-state index in [0.717, 1.165) is 6.42 Å². The molecule has 1 rings (SSSR count). The summed E-state index contributed by atoms with van der Waals surface area (Å²) in [5.41, 5.74) is 0. The average Bonchev–Trinajstić information content (AvgIpc) is 3.19. The third kappa shape index (κ3) is 13.2. The van der Waals surface area contributed by atoms with Gasteiger partial charge < -0.3 is 9.64 Å². The second-order valence-corrected chi connectivity index (χ2v) is 7.79. The van der Waals surface area contributed by atoms with Crippen molar-refractivity contribution < 1.29 is 9.53 Å². The predicted molar refractivity (Wildman–Crippen MR) is 112 cm³/mol. The maximum Gasteiger partial charge on any atom is 0.410 e. The van der Waals surface area contributed by atoms with E-state index in [1.807, 2.05) is 12.2 Å². The largest absolute Gasteiger partial charge is 0.449 e. The van der Waals surface area contributed by atoms with E-state index in [0.29, 0.717) is 19.7 Å². The van der Waals surface area contributed by atoms with Crippen LogP contribution in [0.1, 0.15) is 110 Å². The Morgan fingerprint density at radius 3 is 1.50 bits per heavy atom. The molecule has 1 amide bonds. The molecular formula is C23H43NO2. The summed E-state index contributed by atoms with van der Waals surface area (Å²) in [6.07, 6.45) is 25.7. The van der Waals surface area contributed by atoms with Crippen LogP contribution in [0.5, 0.6) is 0 Å². The van der Waals surface area contributed by atoms with E-state index in [9.17, 15) is 4.79 Å². The van der Waals surface area contributed by atoms with Gasteiger partial charge in [0.25, 0.3) is 0 Å². The Morgan fingerprint density at radius 2 is 1.08 bits per heavy atom. The number of hydrogen-bond acceptors (Lipinski definition) is 2. The van der Waals surface area contributed by atoms with E-state index >= 15 is 0 Å². The number of nitrogens with zero attached hydrogens (tertiary/aromatic N) is 1. The van der Waals surface area contributed by atoms with Crippen molar-refractivity contribution in [2.45, 2.75) is 110 Å². The van der Waals surface area contributed by atoms with Crippen LogP contribution in [-0.4, -0.2) is 30.7 Å². The minimum Gasteiger partial charge on any atom is -0.449 e. The van der Waals surface area contributed by atoms with Crippen LogP contribution in [0.25, 0.3) is 0 Å². The molecule has 0 aromatic heterocycles. The number of rotatable bonds is 17. The molecule has 0 bridgehead atoms. The fourth-order valence-corrected chi connectivity index (χ4v) is 3.53. The molecule has 0 saturated heterocycles. The van der Waals surface area contributed by atoms with Gasteiger partial charge in [0.1, 0.15) is 0 Å². The quantitative estimate of drug-likeness (QED) is 0.200. The Kier molecular flexibility index (Phi) is 15.4. The molecule has 0 atom stereocenters. The highest BCUT2D eigenvalue weighted by Gasteiger charge is 2.14. The number of amides is 1. The first-order valence-corrected chi connectivity index (χ1v) is 11.4. The highest BCUT2D eigenvalue weighted by atomic mass is 16.6. The van der Waals surface area contributed by atoms with Gasteiger partial charge in [0.15, 0.2) is 0 Å². The Balaban J connectivity index is 1.69. The Bertz CT molecular complexity index is 346. The van der Waals surface area contributed by atoms with Crippen molar-refractivity contribution in [2.75, 3.05) is 19.7 Å². The second-order valence-electron chi connectivity index (χ2n) is 7.79. The van der Waals surface area contributed by atoms with Crippen LogP contribution in [0, 0.1) is 0 Å². The molecule has 0 aromatic carbocycles. The maximum atomic E-state index is 11.7. The van der Waals surface area contributed by atoms with Gasteiger partial charge in [-0.3, -0.25) is 0 Å². The Labute approximate surface area is 162 Å². The van der Waals surface area contributed by atoms with E-state index in [1.165, 1.54) is 96.3 Å². The number of carbonyl (C=O) groups is 1. The van der Waals surface area contributed by atoms with Crippen molar-refractivity contribution >= 4 is 6.09 Å². The number of unbranched alkanes of at least 4 members (excludes halogenated alkanes) is 15. The normalized spacial score (nSPS) is 13.5. The molecule has 26 heavy (non-hydrogen) atoms. The van der Waals surface area contributed by atoms with E-state index in [-0.39, 0.29) is 6.09 Å². The van der Waals surface area contributed by atoms with Gasteiger partial charge in [0, 0.05) is 13.1 Å². The van der Waals surface area contributed by atoms with Crippen molar-refractivity contribution in [3.8, 4) is 0 Å². The molecule has 0 fully saturated rings. The van der Waals surface area contributed by atoms with Crippen LogP contribution >= 0.6 is 0 Å². The highest BCUT2D eigenvalue weighted by molar-refractivity contribution is 5.68. The summed E-state index contributed by atoms with van der Waals surface area (Å²) in [4.78, 5) is 13.4. The molecule has 0 N–H and O–H groups in total. The topological polar surface area (TPSA) is 29.5 Å². The molecule has 1 aliphatic rings. The number of ether oxygens (including phenoxy) is 1. The Morgan fingerprint density at radius 1 is 0.692 bits per heavy atom. The monoisotopic (exact) mass is 365 g/mol. The van der Waals surface area contributed by atoms with E-state index < -0.39 is 0 Å². The van der Waals surface area contributed by atoms with Gasteiger partial charge in [-0.25, -0.2) is 4.79 Å². The summed E-state index contributed by atoms with van der Waals surface area (Å²) in [5.74, 6) is 0. The van der Waals surface area contributed by atoms with Crippen molar-refractivity contribution in [1.82, 2.24) is 4.90 Å². The fourth-order valence-electron chi connectivity index (χ4n) is 3.53. The molecule has 0 saturated carbocycles. The first-order chi connectivity index (χ1) is 12.8. The molecule has 3 nitrogen and oxygen atoms in total. The lowest BCUT2D eigenvalue weighted by molar-refractivity contribution is 0.110. The standard InChI is InChI=1S/C23H43NO2/c1-2-3-4-5-6-7-8-9-10-11-12-13-14-15-16-19-22-26-23(25)24-20-17-18-21-24/h17-18H,2-16,19-22H2,1H3. The molecule has 152 valence electrons. The van der Waals surface area contributed by atoms with Crippen molar-refractivity contribution in [2.24, 2.45) is 0 Å². The lowest BCUT2D eigenvalue weighted by atomic mass is 10.0. The Hall–Kier alpha value is -0.990. The van der Waals surface area contributed by atoms with Crippen molar-refractivity contribution in [3.63, 3.8) is 0 Å². The lowest BCUT2D eigenvalue weighted by Gasteiger charge is -2.14. The van der Waals surface area contributed by atoms with Gasteiger partial charge in [0.2, 0.25) is 0 Å². The lowest BCUT2D eigenvalue weighted by Crippen LogP contribution is -2.29. The fraction of sp³-hybridized carbons (Fsp3) is 0.870. The third-order valence-corrected chi connectivity index (χ3v) is 5.30. The van der Waals surface area contributed by atoms with Crippen LogP contribution in [-0.2, 0) is 4.74 Å². The summed E-state index contributed by atoms with van der Waals surface area (Å²) in [7, 11) is 0.